The van der Waals surface area contributed by atoms with E-state index in [-0.39, 0.29) is 5.78 Å². The molecule has 0 bridgehead atoms. The molecule has 18 heavy (non-hydrogen) atoms. The first-order chi connectivity index (χ1) is 8.65. The Morgan fingerprint density at radius 2 is 2.00 bits per heavy atom. The number of fused-ring (bicyclic) bond motifs is 1. The highest BCUT2D eigenvalue weighted by Gasteiger charge is 2.17. The molecule has 0 radical (unpaired) electrons. The van der Waals surface area contributed by atoms with E-state index in [0.717, 1.165) is 27.0 Å². The zero-order chi connectivity index (χ0) is 12.7. The van der Waals surface area contributed by atoms with Crippen molar-refractivity contribution in [2.75, 3.05) is 0 Å². The fraction of sp³-hybridized carbons (Fsp3) is 0.133. The highest BCUT2D eigenvalue weighted by atomic mass is 32.1. The maximum absolute atomic E-state index is 12.3. The Balaban J connectivity index is 2.10. The van der Waals surface area contributed by atoms with Crippen molar-refractivity contribution in [3.63, 3.8) is 0 Å². The molecule has 0 spiro atoms. The van der Waals surface area contributed by atoms with Crippen molar-refractivity contribution in [1.29, 1.82) is 0 Å². The molecule has 2 nitrogen and oxygen atoms in total. The van der Waals surface area contributed by atoms with Crippen LogP contribution in [-0.2, 0) is 0 Å². The van der Waals surface area contributed by atoms with Crippen molar-refractivity contribution in [1.82, 2.24) is 0 Å². The number of rotatable bonds is 2. The van der Waals surface area contributed by atoms with Gasteiger partial charge in [-0.3, -0.25) is 4.79 Å². The third-order valence-corrected chi connectivity index (χ3v) is 3.84. The number of carbonyl (C=O) groups excluding carboxylic acids is 1. The van der Waals surface area contributed by atoms with Gasteiger partial charge >= 0.3 is 0 Å². The van der Waals surface area contributed by atoms with Gasteiger partial charge < -0.3 is 4.42 Å². The van der Waals surface area contributed by atoms with Crippen molar-refractivity contribution in [2.24, 2.45) is 0 Å². The molecule has 3 heteroatoms. The van der Waals surface area contributed by atoms with Crippen molar-refractivity contribution < 1.29 is 9.21 Å². The molecule has 0 aliphatic heterocycles. The zero-order valence-electron chi connectivity index (χ0n) is 10.2. The van der Waals surface area contributed by atoms with Gasteiger partial charge in [-0.1, -0.05) is 11.6 Å². The fourth-order valence-corrected chi connectivity index (χ4v) is 2.72. The molecular formula is C15H12O2S. The van der Waals surface area contributed by atoms with Crippen molar-refractivity contribution in [3.8, 4) is 0 Å². The van der Waals surface area contributed by atoms with Crippen molar-refractivity contribution in [3.05, 3.63) is 57.5 Å². The van der Waals surface area contributed by atoms with E-state index in [0.29, 0.717) is 5.76 Å². The summed E-state index contributed by atoms with van der Waals surface area (Å²) in [4.78, 5) is 13.3. The lowest BCUT2D eigenvalue weighted by molar-refractivity contribution is 0.101. The lowest BCUT2D eigenvalue weighted by Crippen LogP contribution is -1.98. The third-order valence-electron chi connectivity index (χ3n) is 3.00. The van der Waals surface area contributed by atoms with Crippen LogP contribution in [0.1, 0.15) is 26.6 Å². The minimum Gasteiger partial charge on any atom is -0.453 e. The predicted octanol–water partition coefficient (Wildman–Crippen LogP) is 4.34. The van der Waals surface area contributed by atoms with Gasteiger partial charge in [0.15, 0.2) is 5.76 Å². The topological polar surface area (TPSA) is 30.2 Å². The van der Waals surface area contributed by atoms with E-state index in [1.807, 2.05) is 49.6 Å². The molecule has 3 aromatic rings. The molecule has 3 rings (SSSR count). The largest absolute Gasteiger partial charge is 0.453 e. The van der Waals surface area contributed by atoms with Crippen LogP contribution in [0.5, 0.6) is 0 Å². The molecular weight excluding hydrogens is 244 g/mol. The Morgan fingerprint density at radius 1 is 1.17 bits per heavy atom. The molecule has 0 fully saturated rings. The van der Waals surface area contributed by atoms with E-state index in [4.69, 9.17) is 4.42 Å². The second kappa shape index (κ2) is 4.10. The molecule has 1 aromatic carbocycles. The summed E-state index contributed by atoms with van der Waals surface area (Å²) in [5.74, 6) is 0.375. The number of hydrogen-bond acceptors (Lipinski definition) is 3. The highest BCUT2D eigenvalue weighted by molar-refractivity contribution is 7.10. The van der Waals surface area contributed by atoms with Gasteiger partial charge in [-0.05, 0) is 43.5 Å². The number of furan rings is 1. The molecule has 0 atom stereocenters. The summed E-state index contributed by atoms with van der Waals surface area (Å²) in [6.45, 7) is 3.97. The van der Waals surface area contributed by atoms with Crippen molar-refractivity contribution in [2.45, 2.75) is 13.8 Å². The summed E-state index contributed by atoms with van der Waals surface area (Å²) in [5, 5.41) is 2.90. The van der Waals surface area contributed by atoms with Crippen LogP contribution in [0, 0.1) is 13.8 Å². The molecule has 0 aliphatic carbocycles. The second-order valence-electron chi connectivity index (χ2n) is 4.37. The maximum atomic E-state index is 12.3. The zero-order valence-corrected chi connectivity index (χ0v) is 11.0. The Hall–Kier alpha value is -1.87. The Kier molecular flexibility index (Phi) is 2.56. The predicted molar refractivity (Wildman–Crippen MR) is 73.4 cm³/mol. The number of thiophene rings is 1. The van der Waals surface area contributed by atoms with Gasteiger partial charge in [-0.25, -0.2) is 0 Å². The summed E-state index contributed by atoms with van der Waals surface area (Å²) in [5.41, 5.74) is 2.65. The van der Waals surface area contributed by atoms with E-state index in [1.165, 1.54) is 0 Å². The number of ketones is 1. The maximum Gasteiger partial charge on any atom is 0.229 e. The molecule has 0 N–H and O–H groups in total. The fourth-order valence-electron chi connectivity index (χ4n) is 2.03. The molecule has 0 saturated heterocycles. The van der Waals surface area contributed by atoms with Gasteiger partial charge in [0.1, 0.15) is 5.58 Å². The van der Waals surface area contributed by atoms with Gasteiger partial charge in [-0.15, -0.1) is 11.3 Å². The normalized spacial score (nSPS) is 11.0. The number of hydrogen-bond donors (Lipinski definition) is 0. The summed E-state index contributed by atoms with van der Waals surface area (Å²) in [6, 6.07) is 9.58. The lowest BCUT2D eigenvalue weighted by atomic mass is 10.1. The van der Waals surface area contributed by atoms with Crippen molar-refractivity contribution >= 4 is 28.1 Å². The quantitative estimate of drug-likeness (QED) is 0.638. The first-order valence-corrected chi connectivity index (χ1v) is 6.62. The van der Waals surface area contributed by atoms with Crippen LogP contribution < -0.4 is 0 Å². The van der Waals surface area contributed by atoms with Gasteiger partial charge in [0.05, 0.1) is 0 Å². The van der Waals surface area contributed by atoms with Crippen LogP contribution in [-0.4, -0.2) is 5.78 Å². The molecule has 2 aromatic heterocycles. The van der Waals surface area contributed by atoms with Crippen LogP contribution in [0.15, 0.2) is 40.1 Å². The molecule has 90 valence electrons. The SMILES string of the molecule is Cc1ccc2oc(C(=O)c3ccsc3C)cc2c1. The number of aryl methyl sites for hydroxylation is 2. The van der Waals surface area contributed by atoms with E-state index < -0.39 is 0 Å². The standard InChI is InChI=1S/C15H12O2S/c1-9-3-4-13-11(7-9)8-14(17-13)15(16)12-5-6-18-10(12)2/h3-8H,1-2H3. The van der Waals surface area contributed by atoms with Crippen LogP contribution in [0.2, 0.25) is 0 Å². The third kappa shape index (κ3) is 1.77. The molecule has 0 aliphatic rings. The summed E-state index contributed by atoms with van der Waals surface area (Å²) in [7, 11) is 0. The summed E-state index contributed by atoms with van der Waals surface area (Å²) in [6.07, 6.45) is 0. The van der Waals surface area contributed by atoms with E-state index >= 15 is 0 Å². The molecule has 0 saturated carbocycles. The van der Waals surface area contributed by atoms with Crippen LogP contribution in [0.25, 0.3) is 11.0 Å². The highest BCUT2D eigenvalue weighted by Crippen LogP contribution is 2.25. The first-order valence-electron chi connectivity index (χ1n) is 5.74. The summed E-state index contributed by atoms with van der Waals surface area (Å²) < 4.78 is 5.62. The van der Waals surface area contributed by atoms with Gasteiger partial charge in [0, 0.05) is 15.8 Å². The number of carbonyl (C=O) groups is 1. The Morgan fingerprint density at radius 3 is 2.72 bits per heavy atom. The van der Waals surface area contributed by atoms with E-state index in [2.05, 4.69) is 0 Å². The van der Waals surface area contributed by atoms with Crippen LogP contribution in [0.4, 0.5) is 0 Å². The van der Waals surface area contributed by atoms with E-state index in [9.17, 15) is 4.79 Å². The minimum atomic E-state index is -0.0393. The smallest absolute Gasteiger partial charge is 0.229 e. The van der Waals surface area contributed by atoms with Gasteiger partial charge in [0.2, 0.25) is 5.78 Å². The second-order valence-corrected chi connectivity index (χ2v) is 5.49. The Labute approximate surface area is 109 Å². The molecule has 0 amide bonds. The van der Waals surface area contributed by atoms with Crippen LogP contribution in [0.3, 0.4) is 0 Å². The van der Waals surface area contributed by atoms with Gasteiger partial charge in [0.25, 0.3) is 0 Å². The number of benzene rings is 1. The first kappa shape index (κ1) is 11.2. The van der Waals surface area contributed by atoms with E-state index in [1.54, 1.807) is 11.3 Å². The monoisotopic (exact) mass is 256 g/mol. The van der Waals surface area contributed by atoms with Gasteiger partial charge in [-0.2, -0.15) is 0 Å². The Bertz CT molecular complexity index is 734. The molecule has 0 unspecified atom stereocenters. The minimum absolute atomic E-state index is 0.0393. The lowest BCUT2D eigenvalue weighted by Gasteiger charge is -1.94. The average Bonchev–Trinajstić information content (AvgIpc) is 2.93. The molecule has 2 heterocycles. The average molecular weight is 256 g/mol. The van der Waals surface area contributed by atoms with Crippen LogP contribution >= 0.6 is 11.3 Å². The summed E-state index contributed by atoms with van der Waals surface area (Å²) >= 11 is 1.57.